The molecule has 4 rings (SSSR count). The number of benzene rings is 2. The number of hydrogen-bond donors (Lipinski definition) is 2. The van der Waals surface area contributed by atoms with Crippen molar-refractivity contribution in [3.8, 4) is 5.75 Å². The minimum atomic E-state index is -4.06. The number of pyridine rings is 1. The minimum Gasteiger partial charge on any atom is -0.502 e. The van der Waals surface area contributed by atoms with E-state index >= 15 is 0 Å². The molecule has 2 heterocycles. The highest BCUT2D eigenvalue weighted by molar-refractivity contribution is 7.92. The van der Waals surface area contributed by atoms with E-state index in [0.717, 1.165) is 0 Å². The van der Waals surface area contributed by atoms with Crippen molar-refractivity contribution >= 4 is 33.2 Å². The Morgan fingerprint density at radius 2 is 1.81 bits per heavy atom. The molecule has 1 amide bonds. The van der Waals surface area contributed by atoms with Gasteiger partial charge in [-0.15, -0.1) is 0 Å². The van der Waals surface area contributed by atoms with Gasteiger partial charge in [-0.2, -0.15) is 0 Å². The smallest absolute Gasteiger partial charge is 0.274 e. The van der Waals surface area contributed by atoms with Crippen LogP contribution in [-0.2, 0) is 23.1 Å². The third kappa shape index (κ3) is 4.06. The van der Waals surface area contributed by atoms with E-state index < -0.39 is 32.9 Å². The second-order valence-corrected chi connectivity index (χ2v) is 9.25. The van der Waals surface area contributed by atoms with Crippen molar-refractivity contribution in [1.29, 1.82) is 0 Å². The lowest BCUT2D eigenvalue weighted by atomic mass is 10.1. The first-order valence-electron chi connectivity index (χ1n) is 9.45. The Balaban J connectivity index is 1.64. The molecule has 1 aliphatic heterocycles. The zero-order valence-corrected chi connectivity index (χ0v) is 18.0. The fourth-order valence-corrected chi connectivity index (χ4v) is 4.69. The lowest BCUT2D eigenvalue weighted by Gasteiger charge is -2.30. The molecule has 0 saturated carbocycles. The van der Waals surface area contributed by atoms with E-state index in [2.05, 4.69) is 4.72 Å². The summed E-state index contributed by atoms with van der Waals surface area (Å²) >= 11 is 5.79. The molecule has 0 radical (unpaired) electrons. The number of halogens is 2. The van der Waals surface area contributed by atoms with Crippen LogP contribution in [0.3, 0.4) is 0 Å². The lowest BCUT2D eigenvalue weighted by Crippen LogP contribution is -2.41. The van der Waals surface area contributed by atoms with Gasteiger partial charge in [0.15, 0.2) is 11.4 Å². The summed E-state index contributed by atoms with van der Waals surface area (Å²) in [5.74, 6) is -2.06. The number of hydrogen-bond acceptors (Lipinski definition) is 5. The Labute approximate surface area is 187 Å². The Morgan fingerprint density at radius 1 is 1.09 bits per heavy atom. The fourth-order valence-electron chi connectivity index (χ4n) is 3.42. The number of carbonyl (C=O) groups excluding carboxylic acids is 1. The topological polar surface area (TPSA) is 109 Å². The van der Waals surface area contributed by atoms with Crippen LogP contribution in [-0.4, -0.2) is 35.4 Å². The van der Waals surface area contributed by atoms with Crippen molar-refractivity contribution in [3.63, 3.8) is 0 Å². The maximum atomic E-state index is 13.4. The Kier molecular flexibility index (Phi) is 5.66. The van der Waals surface area contributed by atoms with E-state index in [-0.39, 0.29) is 40.9 Å². The van der Waals surface area contributed by atoms with Crippen LogP contribution in [0.15, 0.2) is 64.4 Å². The Morgan fingerprint density at radius 3 is 2.50 bits per heavy atom. The first kappa shape index (κ1) is 21.8. The monoisotopic (exact) mass is 477 g/mol. The molecule has 0 fully saturated rings. The van der Waals surface area contributed by atoms with E-state index in [1.807, 2.05) is 0 Å². The number of anilines is 1. The summed E-state index contributed by atoms with van der Waals surface area (Å²) in [6.07, 6.45) is 1.20. The predicted octanol–water partition coefficient (Wildman–Crippen LogP) is 2.80. The second-order valence-electron chi connectivity index (χ2n) is 7.16. The molecule has 11 heteroatoms. The largest absolute Gasteiger partial charge is 0.502 e. The standard InChI is InChI=1S/C21H17ClFN3O5S/c22-15-10-13(6-7-16(15)23)11-26-9-8-25-12-17(19(27)20(28)18(25)21(26)29)24-32(30,31)14-4-2-1-3-5-14/h1-7,10,12,24,28H,8-9,11H2. The normalized spacial score (nSPS) is 13.7. The molecule has 166 valence electrons. The molecule has 8 nitrogen and oxygen atoms in total. The van der Waals surface area contributed by atoms with Crippen molar-refractivity contribution in [2.45, 2.75) is 18.0 Å². The molecular formula is C21H17ClFN3O5S. The summed E-state index contributed by atoms with van der Waals surface area (Å²) in [5, 5.41) is 10.4. The average Bonchev–Trinajstić information content (AvgIpc) is 2.76. The van der Waals surface area contributed by atoms with Gasteiger partial charge in [-0.25, -0.2) is 12.8 Å². The number of rotatable bonds is 5. The van der Waals surface area contributed by atoms with Crippen LogP contribution in [0.25, 0.3) is 0 Å². The number of nitrogens with one attached hydrogen (secondary N) is 1. The van der Waals surface area contributed by atoms with Gasteiger partial charge in [-0.3, -0.25) is 14.3 Å². The molecule has 0 bridgehead atoms. The summed E-state index contributed by atoms with van der Waals surface area (Å²) in [7, 11) is -4.06. The van der Waals surface area contributed by atoms with E-state index in [1.165, 1.54) is 58.1 Å². The number of aromatic nitrogens is 1. The number of carbonyl (C=O) groups is 1. The van der Waals surface area contributed by atoms with Gasteiger partial charge in [0.1, 0.15) is 11.5 Å². The van der Waals surface area contributed by atoms with Gasteiger partial charge in [0.2, 0.25) is 5.43 Å². The number of amides is 1. The summed E-state index contributed by atoms with van der Waals surface area (Å²) in [6.45, 7) is 0.507. The van der Waals surface area contributed by atoms with Crippen molar-refractivity contribution in [3.05, 3.63) is 87.0 Å². The van der Waals surface area contributed by atoms with Gasteiger partial charge in [0.25, 0.3) is 15.9 Å². The maximum absolute atomic E-state index is 13.4. The summed E-state index contributed by atoms with van der Waals surface area (Å²) in [6, 6.07) is 11.5. The number of nitrogens with zero attached hydrogens (tertiary/aromatic N) is 2. The molecule has 0 aliphatic carbocycles. The molecule has 32 heavy (non-hydrogen) atoms. The average molecular weight is 478 g/mol. The SMILES string of the molecule is O=C1c2c(O)c(=O)c(NS(=O)(=O)c3ccccc3)cn2CCN1Cc1ccc(F)c(Cl)c1. The second kappa shape index (κ2) is 8.29. The van der Waals surface area contributed by atoms with E-state index in [9.17, 15) is 27.5 Å². The van der Waals surface area contributed by atoms with Crippen molar-refractivity contribution in [1.82, 2.24) is 9.47 Å². The quantitative estimate of drug-likeness (QED) is 0.587. The molecule has 3 aromatic rings. The van der Waals surface area contributed by atoms with Crippen LogP contribution in [0.1, 0.15) is 16.1 Å². The van der Waals surface area contributed by atoms with Crippen molar-refractivity contribution in [2.24, 2.45) is 0 Å². The van der Waals surface area contributed by atoms with Crippen LogP contribution < -0.4 is 10.2 Å². The third-order valence-electron chi connectivity index (χ3n) is 5.01. The Bertz CT molecular complexity index is 1380. The predicted molar refractivity (Wildman–Crippen MR) is 116 cm³/mol. The highest BCUT2D eigenvalue weighted by Gasteiger charge is 2.30. The zero-order valence-electron chi connectivity index (χ0n) is 16.5. The van der Waals surface area contributed by atoms with Crippen LogP contribution in [0, 0.1) is 5.82 Å². The van der Waals surface area contributed by atoms with Gasteiger partial charge in [0.05, 0.1) is 9.92 Å². The molecule has 0 spiro atoms. The fraction of sp³-hybridized carbons (Fsp3) is 0.143. The van der Waals surface area contributed by atoms with E-state index in [4.69, 9.17) is 11.6 Å². The molecule has 0 unspecified atom stereocenters. The minimum absolute atomic E-state index is 0.0539. The molecule has 1 aliphatic rings. The highest BCUT2D eigenvalue weighted by Crippen LogP contribution is 2.25. The van der Waals surface area contributed by atoms with Gasteiger partial charge < -0.3 is 14.6 Å². The first-order valence-corrected chi connectivity index (χ1v) is 11.3. The van der Waals surface area contributed by atoms with Gasteiger partial charge in [-0.05, 0) is 29.8 Å². The highest BCUT2D eigenvalue weighted by atomic mass is 35.5. The first-order chi connectivity index (χ1) is 15.2. The van der Waals surface area contributed by atoms with E-state index in [1.54, 1.807) is 6.07 Å². The molecule has 2 N–H and O–H groups in total. The number of sulfonamides is 1. The summed E-state index contributed by atoms with van der Waals surface area (Å²) in [5.41, 5.74) is -1.07. The number of fused-ring (bicyclic) bond motifs is 1. The molecule has 0 atom stereocenters. The van der Waals surface area contributed by atoms with Crippen molar-refractivity contribution in [2.75, 3.05) is 11.3 Å². The van der Waals surface area contributed by atoms with Gasteiger partial charge in [-0.1, -0.05) is 35.9 Å². The van der Waals surface area contributed by atoms with Crippen LogP contribution in [0.5, 0.6) is 5.75 Å². The number of aromatic hydroxyl groups is 1. The third-order valence-corrected chi connectivity index (χ3v) is 6.68. The van der Waals surface area contributed by atoms with Crippen LogP contribution in [0.2, 0.25) is 5.02 Å². The van der Waals surface area contributed by atoms with Crippen molar-refractivity contribution < 1.29 is 22.7 Å². The Hall–Kier alpha value is -3.37. The van der Waals surface area contributed by atoms with E-state index in [0.29, 0.717) is 5.56 Å². The molecule has 0 saturated heterocycles. The van der Waals surface area contributed by atoms with Crippen LogP contribution >= 0.6 is 11.6 Å². The summed E-state index contributed by atoms with van der Waals surface area (Å²) < 4.78 is 42.0. The maximum Gasteiger partial charge on any atom is 0.274 e. The van der Waals surface area contributed by atoms with Crippen LogP contribution in [0.4, 0.5) is 10.1 Å². The van der Waals surface area contributed by atoms with Gasteiger partial charge in [0, 0.05) is 25.8 Å². The molecular weight excluding hydrogens is 461 g/mol. The lowest BCUT2D eigenvalue weighted by molar-refractivity contribution is 0.0683. The van der Waals surface area contributed by atoms with Gasteiger partial charge >= 0.3 is 0 Å². The zero-order chi connectivity index (χ0) is 23.0. The molecule has 1 aromatic heterocycles. The molecule has 2 aromatic carbocycles. The summed E-state index contributed by atoms with van der Waals surface area (Å²) in [4.78, 5) is 26.9.